The molecule has 1 unspecified atom stereocenters. The Morgan fingerprint density at radius 3 is 2.84 bits per heavy atom. The second-order valence-corrected chi connectivity index (χ2v) is 5.96. The average Bonchev–Trinajstić information content (AvgIpc) is 2.74. The fourth-order valence-electron chi connectivity index (χ4n) is 2.85. The lowest BCUT2D eigenvalue weighted by atomic mass is 9.95. The first-order chi connectivity index (χ1) is 9.36. The minimum absolute atomic E-state index is 0.409. The van der Waals surface area contributed by atoms with Gasteiger partial charge in [0.05, 0.1) is 6.04 Å². The monoisotopic (exact) mass is 275 g/mol. The van der Waals surface area contributed by atoms with Crippen LogP contribution >= 0.6 is 11.8 Å². The third-order valence-corrected chi connectivity index (χ3v) is 4.62. The molecule has 0 amide bonds. The molecule has 1 nitrogen and oxygen atoms in total. The van der Waals surface area contributed by atoms with Gasteiger partial charge in [-0.15, -0.1) is 11.8 Å². The van der Waals surface area contributed by atoms with Crippen LogP contribution in [0.2, 0.25) is 0 Å². The molecule has 0 saturated carbocycles. The van der Waals surface area contributed by atoms with Crippen LogP contribution in [-0.4, -0.2) is 12.8 Å². The highest BCUT2D eigenvalue weighted by Gasteiger charge is 2.18. The Hall–Kier alpha value is -0.730. The quantitative estimate of drug-likeness (QED) is 0.603. The van der Waals surface area contributed by atoms with Crippen LogP contribution in [0.4, 0.5) is 0 Å². The molecule has 0 radical (unpaired) electrons. The van der Waals surface area contributed by atoms with Gasteiger partial charge in [-0.1, -0.05) is 43.2 Å². The summed E-state index contributed by atoms with van der Waals surface area (Å²) in [6.07, 6.45) is 11.2. The second-order valence-electron chi connectivity index (χ2n) is 5.11. The Kier molecular flexibility index (Phi) is 5.99. The molecule has 0 heterocycles. The summed E-state index contributed by atoms with van der Waals surface area (Å²) in [6, 6.07) is 9.23. The summed E-state index contributed by atoms with van der Waals surface area (Å²) in [5.41, 5.74) is 3.05. The molecule has 2 heteroatoms. The summed E-state index contributed by atoms with van der Waals surface area (Å²) in [7, 11) is 0. The van der Waals surface area contributed by atoms with Crippen molar-refractivity contribution in [2.24, 2.45) is 0 Å². The molecule has 1 N–H and O–H groups in total. The first-order valence-electron chi connectivity index (χ1n) is 7.42. The van der Waals surface area contributed by atoms with Crippen LogP contribution in [0.15, 0.2) is 40.8 Å². The molecule has 1 aliphatic carbocycles. The molecule has 0 saturated heterocycles. The van der Waals surface area contributed by atoms with E-state index in [0.29, 0.717) is 6.04 Å². The van der Waals surface area contributed by atoms with Crippen molar-refractivity contribution in [1.29, 1.82) is 0 Å². The topological polar surface area (TPSA) is 12.0 Å². The Morgan fingerprint density at radius 1 is 1.21 bits per heavy atom. The van der Waals surface area contributed by atoms with Gasteiger partial charge >= 0.3 is 0 Å². The number of likely N-dealkylation sites (N-methyl/N-ethyl adjacent to an activating group) is 1. The van der Waals surface area contributed by atoms with E-state index in [-0.39, 0.29) is 0 Å². The van der Waals surface area contributed by atoms with E-state index in [1.54, 1.807) is 5.57 Å². The van der Waals surface area contributed by atoms with Crippen LogP contribution in [0.1, 0.15) is 50.6 Å². The number of allylic oxidation sites excluding steroid dienone is 1. The van der Waals surface area contributed by atoms with Crippen LogP contribution in [0, 0.1) is 0 Å². The third kappa shape index (κ3) is 3.87. The van der Waals surface area contributed by atoms with Gasteiger partial charge in [-0.25, -0.2) is 0 Å². The molecule has 1 aliphatic rings. The van der Waals surface area contributed by atoms with Gasteiger partial charge in [0.1, 0.15) is 0 Å². The van der Waals surface area contributed by atoms with E-state index in [1.807, 2.05) is 11.8 Å². The highest BCUT2D eigenvalue weighted by molar-refractivity contribution is 7.98. The molecule has 104 valence electrons. The predicted molar refractivity (Wildman–Crippen MR) is 85.8 cm³/mol. The highest BCUT2D eigenvalue weighted by atomic mass is 32.2. The van der Waals surface area contributed by atoms with Crippen molar-refractivity contribution in [3.05, 3.63) is 41.5 Å². The van der Waals surface area contributed by atoms with E-state index in [0.717, 1.165) is 6.54 Å². The van der Waals surface area contributed by atoms with Crippen molar-refractivity contribution >= 4 is 11.8 Å². The molecule has 1 aromatic carbocycles. The van der Waals surface area contributed by atoms with Crippen molar-refractivity contribution in [3.8, 4) is 0 Å². The number of hydrogen-bond donors (Lipinski definition) is 1. The molecule has 0 fully saturated rings. The molecule has 1 atom stereocenters. The van der Waals surface area contributed by atoms with Crippen molar-refractivity contribution < 1.29 is 0 Å². The zero-order chi connectivity index (χ0) is 13.5. The van der Waals surface area contributed by atoms with E-state index < -0.39 is 0 Å². The largest absolute Gasteiger partial charge is 0.307 e. The van der Waals surface area contributed by atoms with E-state index in [1.165, 1.54) is 42.6 Å². The fraction of sp³-hybridized carbons (Fsp3) is 0.529. The molecule has 19 heavy (non-hydrogen) atoms. The van der Waals surface area contributed by atoms with Crippen LogP contribution in [0.5, 0.6) is 0 Å². The van der Waals surface area contributed by atoms with Gasteiger partial charge < -0.3 is 5.32 Å². The number of benzene rings is 1. The smallest absolute Gasteiger partial charge is 0.0547 e. The van der Waals surface area contributed by atoms with Crippen LogP contribution in [0.3, 0.4) is 0 Å². The number of nitrogens with one attached hydrogen (secondary N) is 1. The number of thioether (sulfide) groups is 1. The molecule has 2 rings (SSSR count). The van der Waals surface area contributed by atoms with Gasteiger partial charge in [0, 0.05) is 4.90 Å². The average molecular weight is 275 g/mol. The second kappa shape index (κ2) is 7.76. The standard InChI is InChI=1S/C17H25NS/c1-3-18-17(14-10-6-4-5-7-11-14)15-12-8-9-13-16(15)19-2/h8-10,12-13,17-18H,3-7,11H2,1-2H3. The summed E-state index contributed by atoms with van der Waals surface area (Å²) in [5.74, 6) is 0. The minimum Gasteiger partial charge on any atom is -0.307 e. The Bertz CT molecular complexity index is 425. The van der Waals surface area contributed by atoms with E-state index in [9.17, 15) is 0 Å². The maximum Gasteiger partial charge on any atom is 0.0547 e. The van der Waals surface area contributed by atoms with Crippen LogP contribution < -0.4 is 5.32 Å². The molecule has 0 aliphatic heterocycles. The van der Waals surface area contributed by atoms with Gasteiger partial charge in [0.25, 0.3) is 0 Å². The third-order valence-electron chi connectivity index (χ3n) is 3.81. The molecule has 0 aromatic heterocycles. The lowest BCUT2D eigenvalue weighted by Gasteiger charge is -2.23. The Labute approximate surface area is 121 Å². The number of rotatable bonds is 5. The van der Waals surface area contributed by atoms with Gasteiger partial charge in [0.15, 0.2) is 0 Å². The van der Waals surface area contributed by atoms with Crippen LogP contribution in [-0.2, 0) is 0 Å². The fourth-order valence-corrected chi connectivity index (χ4v) is 3.49. The van der Waals surface area contributed by atoms with E-state index >= 15 is 0 Å². The van der Waals surface area contributed by atoms with Crippen LogP contribution in [0.25, 0.3) is 0 Å². The summed E-state index contributed by atoms with van der Waals surface area (Å²) >= 11 is 1.85. The zero-order valence-electron chi connectivity index (χ0n) is 12.1. The summed E-state index contributed by atoms with van der Waals surface area (Å²) < 4.78 is 0. The lowest BCUT2D eigenvalue weighted by molar-refractivity contribution is 0.583. The minimum atomic E-state index is 0.409. The molecular formula is C17H25NS. The van der Waals surface area contributed by atoms with Gasteiger partial charge in [-0.3, -0.25) is 0 Å². The SMILES string of the molecule is CCNC(C1=CCCCCC1)c1ccccc1SC. The van der Waals surface area contributed by atoms with Crippen molar-refractivity contribution in [1.82, 2.24) is 5.32 Å². The van der Waals surface area contributed by atoms with Gasteiger partial charge in [0.2, 0.25) is 0 Å². The summed E-state index contributed by atoms with van der Waals surface area (Å²) in [5, 5.41) is 3.69. The number of hydrogen-bond acceptors (Lipinski definition) is 2. The predicted octanol–water partition coefficient (Wildman–Crippen LogP) is 4.95. The molecule has 1 aromatic rings. The van der Waals surface area contributed by atoms with Gasteiger partial charge in [-0.2, -0.15) is 0 Å². The lowest BCUT2D eigenvalue weighted by Crippen LogP contribution is -2.23. The Morgan fingerprint density at radius 2 is 2.05 bits per heavy atom. The summed E-state index contributed by atoms with van der Waals surface area (Å²) in [6.45, 7) is 3.22. The highest BCUT2D eigenvalue weighted by Crippen LogP contribution is 2.33. The molecular weight excluding hydrogens is 250 g/mol. The molecule has 0 bridgehead atoms. The summed E-state index contributed by atoms with van der Waals surface area (Å²) in [4.78, 5) is 1.40. The molecule has 0 spiro atoms. The van der Waals surface area contributed by atoms with Gasteiger partial charge in [-0.05, 0) is 50.1 Å². The Balaban J connectivity index is 2.30. The van der Waals surface area contributed by atoms with E-state index in [2.05, 4.69) is 48.8 Å². The van der Waals surface area contributed by atoms with Crippen molar-refractivity contribution in [2.45, 2.75) is 50.0 Å². The maximum absolute atomic E-state index is 3.69. The van der Waals surface area contributed by atoms with Crippen molar-refractivity contribution in [3.63, 3.8) is 0 Å². The maximum atomic E-state index is 3.69. The normalized spacial score (nSPS) is 17.7. The van der Waals surface area contributed by atoms with Crippen molar-refractivity contribution in [2.75, 3.05) is 12.8 Å². The first-order valence-corrected chi connectivity index (χ1v) is 8.64. The first kappa shape index (κ1) is 14.7. The zero-order valence-corrected chi connectivity index (χ0v) is 12.9. The van der Waals surface area contributed by atoms with E-state index in [4.69, 9.17) is 0 Å².